The summed E-state index contributed by atoms with van der Waals surface area (Å²) in [6.45, 7) is 0. The molecular formula is C10H9IS2Se. The van der Waals surface area contributed by atoms with Crippen LogP contribution in [-0.4, -0.2) is 20.8 Å². The van der Waals surface area contributed by atoms with E-state index in [2.05, 4.69) is 41.5 Å². The Hall–Kier alpha value is 0.649. The van der Waals surface area contributed by atoms with Crippen molar-refractivity contribution in [2.75, 3.05) is 6.26 Å². The van der Waals surface area contributed by atoms with Gasteiger partial charge >= 0.3 is 92.7 Å². The van der Waals surface area contributed by atoms with Gasteiger partial charge in [0.1, 0.15) is 0 Å². The van der Waals surface area contributed by atoms with Crippen molar-refractivity contribution in [2.24, 2.45) is 0 Å². The number of hydrogen-bond donors (Lipinski definition) is 0. The average Bonchev–Trinajstić information content (AvgIpc) is 2.67. The van der Waals surface area contributed by atoms with Crippen molar-refractivity contribution in [1.29, 1.82) is 0 Å². The Labute approximate surface area is 116 Å². The van der Waals surface area contributed by atoms with E-state index in [1.54, 1.807) is 3.08 Å². The summed E-state index contributed by atoms with van der Waals surface area (Å²) in [6.07, 6.45) is 2.16. The van der Waals surface area contributed by atoms with Gasteiger partial charge in [-0.2, -0.15) is 0 Å². The third kappa shape index (κ3) is 3.07. The van der Waals surface area contributed by atoms with Crippen molar-refractivity contribution in [1.82, 2.24) is 0 Å². The first-order chi connectivity index (χ1) is 6.40. The third-order valence-corrected chi connectivity index (χ3v) is 7.56. The summed E-state index contributed by atoms with van der Waals surface area (Å²) in [5, 5.41) is 0. The van der Waals surface area contributed by atoms with Crippen LogP contribution in [0.25, 0.3) is 10.4 Å². The van der Waals surface area contributed by atoms with Crippen molar-refractivity contribution in [3.05, 3.63) is 35.3 Å². The van der Waals surface area contributed by atoms with Gasteiger partial charge in [-0.15, -0.1) is 0 Å². The number of hydrogen-bond acceptors (Lipinski definition) is 1. The van der Waals surface area contributed by atoms with Crippen LogP contribution in [0.4, 0.5) is 0 Å². The smallest absolute Gasteiger partial charge is 1.00 e. The summed E-state index contributed by atoms with van der Waals surface area (Å²) < 4.78 is 1.56. The molecule has 4 heteroatoms. The topological polar surface area (TPSA) is 0 Å². The molecule has 0 nitrogen and oxygen atoms in total. The van der Waals surface area contributed by atoms with Crippen LogP contribution in [0, 0.1) is 0 Å². The number of thioether (sulfide) groups is 1. The Balaban J connectivity index is 0.000000980. The van der Waals surface area contributed by atoms with E-state index in [1.807, 2.05) is 23.1 Å². The minimum Gasteiger partial charge on any atom is -1.00 e. The van der Waals surface area contributed by atoms with Crippen LogP contribution >= 0.6 is 23.1 Å². The zero-order valence-corrected chi connectivity index (χ0v) is 13.1. The van der Waals surface area contributed by atoms with E-state index in [4.69, 9.17) is 0 Å². The van der Waals surface area contributed by atoms with Gasteiger partial charge in [0.2, 0.25) is 0 Å². The second-order valence-corrected chi connectivity index (χ2v) is 7.66. The molecule has 2 aromatic rings. The minimum atomic E-state index is 0. The summed E-state index contributed by atoms with van der Waals surface area (Å²) in [6, 6.07) is 10.6. The normalized spacial score (nSPS) is 9.50. The fourth-order valence-corrected chi connectivity index (χ4v) is 5.53. The van der Waals surface area contributed by atoms with E-state index in [-0.39, 0.29) is 24.0 Å². The monoisotopic (exact) mass is 400 g/mol. The van der Waals surface area contributed by atoms with E-state index in [0.29, 0.717) is 14.5 Å². The Morgan fingerprint density at radius 1 is 1.21 bits per heavy atom. The first-order valence-corrected chi connectivity index (χ1v) is 7.80. The van der Waals surface area contributed by atoms with Gasteiger partial charge in [0.15, 0.2) is 0 Å². The van der Waals surface area contributed by atoms with Gasteiger partial charge in [-0.25, -0.2) is 0 Å². The fraction of sp³-hybridized carbons (Fsp3) is 0.100. The Kier molecular flexibility index (Phi) is 5.70. The molecule has 0 unspecified atom stereocenters. The summed E-state index contributed by atoms with van der Waals surface area (Å²) >= 11 is 4.41. The molecule has 74 valence electrons. The minimum absolute atomic E-state index is 0. The molecule has 0 fully saturated rings. The molecule has 1 heterocycles. The molecule has 0 saturated heterocycles. The SMILES string of the molecule is CSc1[s+]c(-c2ccccc2)c[se]1.[I-]. The van der Waals surface area contributed by atoms with Crippen LogP contribution < -0.4 is 24.0 Å². The maximum absolute atomic E-state index is 2.37. The van der Waals surface area contributed by atoms with Gasteiger partial charge in [0.25, 0.3) is 0 Å². The fourth-order valence-electron chi connectivity index (χ4n) is 1.06. The molecule has 0 radical (unpaired) electrons. The van der Waals surface area contributed by atoms with Gasteiger partial charge in [-0.05, 0) is 0 Å². The molecule has 0 aliphatic heterocycles. The number of halogens is 1. The van der Waals surface area contributed by atoms with E-state index in [0.717, 1.165) is 0 Å². The predicted molar refractivity (Wildman–Crippen MR) is 62.9 cm³/mol. The summed E-state index contributed by atoms with van der Waals surface area (Å²) in [4.78, 5) is 3.81. The first-order valence-electron chi connectivity index (χ1n) is 3.91. The number of rotatable bonds is 2. The van der Waals surface area contributed by atoms with Crippen LogP contribution in [-0.2, 0) is 0 Å². The molecule has 0 spiro atoms. The molecular weight excluding hydrogens is 390 g/mol. The molecule has 1 aromatic carbocycles. The molecule has 2 rings (SSSR count). The van der Waals surface area contributed by atoms with Crippen molar-refractivity contribution >= 4 is 37.6 Å². The molecule has 0 aliphatic carbocycles. The van der Waals surface area contributed by atoms with E-state index < -0.39 is 0 Å². The summed E-state index contributed by atoms with van der Waals surface area (Å²) in [5.41, 5.74) is 1.36. The quantitative estimate of drug-likeness (QED) is 0.307. The van der Waals surface area contributed by atoms with E-state index in [1.165, 1.54) is 10.4 Å². The molecule has 0 saturated carbocycles. The molecule has 0 N–H and O–H groups in total. The van der Waals surface area contributed by atoms with Gasteiger partial charge in [0, 0.05) is 0 Å². The zero-order chi connectivity index (χ0) is 9.10. The van der Waals surface area contributed by atoms with Gasteiger partial charge in [-0.1, -0.05) is 0 Å². The van der Waals surface area contributed by atoms with Crippen LogP contribution in [0.5, 0.6) is 0 Å². The zero-order valence-electron chi connectivity index (χ0n) is 7.57. The van der Waals surface area contributed by atoms with Gasteiger partial charge in [-0.3, -0.25) is 0 Å². The largest absolute Gasteiger partial charge is 1.00 e. The summed E-state index contributed by atoms with van der Waals surface area (Å²) in [7, 11) is 0. The van der Waals surface area contributed by atoms with Crippen LogP contribution in [0.2, 0.25) is 0 Å². The number of benzene rings is 1. The molecule has 14 heavy (non-hydrogen) atoms. The molecule has 0 amide bonds. The van der Waals surface area contributed by atoms with Crippen molar-refractivity contribution in [3.8, 4) is 10.4 Å². The molecule has 1 aromatic heterocycles. The Bertz CT molecular complexity index is 386. The van der Waals surface area contributed by atoms with Crippen molar-refractivity contribution in [2.45, 2.75) is 3.08 Å². The molecule has 0 atom stereocenters. The van der Waals surface area contributed by atoms with Crippen molar-refractivity contribution in [3.63, 3.8) is 0 Å². The molecule has 0 aliphatic rings. The second kappa shape index (κ2) is 6.28. The van der Waals surface area contributed by atoms with Crippen LogP contribution in [0.15, 0.2) is 38.4 Å². The van der Waals surface area contributed by atoms with E-state index >= 15 is 0 Å². The molecule has 0 bridgehead atoms. The Morgan fingerprint density at radius 2 is 1.93 bits per heavy atom. The average molecular weight is 399 g/mol. The standard InChI is InChI=1S/C10H9S2Se.HI/c1-11-10-12-9(7-13-10)8-5-3-2-4-6-8;/h2-7H,1H3;1H/q+1;/p-1. The first kappa shape index (κ1) is 12.7. The maximum atomic E-state index is 2.37. The van der Waals surface area contributed by atoms with Crippen LogP contribution in [0.3, 0.4) is 0 Å². The van der Waals surface area contributed by atoms with Crippen molar-refractivity contribution < 1.29 is 24.0 Å². The van der Waals surface area contributed by atoms with Gasteiger partial charge in [0.05, 0.1) is 0 Å². The van der Waals surface area contributed by atoms with Gasteiger partial charge < -0.3 is 24.0 Å². The summed E-state index contributed by atoms with van der Waals surface area (Å²) in [5.74, 6) is 0. The van der Waals surface area contributed by atoms with Crippen LogP contribution in [0.1, 0.15) is 0 Å². The maximum Gasteiger partial charge on any atom is -1.00 e. The Morgan fingerprint density at radius 3 is 2.50 bits per heavy atom. The predicted octanol–water partition coefficient (Wildman–Crippen LogP) is 0.479. The third-order valence-electron chi connectivity index (χ3n) is 1.68. The van der Waals surface area contributed by atoms with E-state index in [9.17, 15) is 0 Å². The second-order valence-electron chi connectivity index (χ2n) is 2.52.